The summed E-state index contributed by atoms with van der Waals surface area (Å²) in [6, 6.07) is 10.00. The Morgan fingerprint density at radius 2 is 1.96 bits per heavy atom. The first kappa shape index (κ1) is 18.2. The molecule has 6 heteroatoms. The average molecular weight is 355 g/mol. The lowest BCUT2D eigenvalue weighted by Gasteiger charge is -2.32. The number of rotatable bonds is 5. The van der Waals surface area contributed by atoms with Gasteiger partial charge in [-0.05, 0) is 57.4 Å². The number of hydrogen-bond acceptors (Lipinski definition) is 5. The fourth-order valence-electron chi connectivity index (χ4n) is 3.10. The third kappa shape index (κ3) is 4.94. The predicted octanol–water partition coefficient (Wildman–Crippen LogP) is 2.85. The number of carbonyl (C=O) groups excluding carboxylic acids is 1. The van der Waals surface area contributed by atoms with E-state index in [1.54, 1.807) is 4.90 Å². The second kappa shape index (κ2) is 8.17. The molecule has 1 fully saturated rings. The van der Waals surface area contributed by atoms with Gasteiger partial charge in [0.2, 0.25) is 0 Å². The fraction of sp³-hybridized carbons (Fsp3) is 0.450. The van der Waals surface area contributed by atoms with Crippen molar-refractivity contribution in [2.75, 3.05) is 19.7 Å². The van der Waals surface area contributed by atoms with Gasteiger partial charge in [-0.1, -0.05) is 12.1 Å². The van der Waals surface area contributed by atoms with Crippen molar-refractivity contribution in [2.24, 2.45) is 0 Å². The van der Waals surface area contributed by atoms with Crippen LogP contribution < -0.4 is 9.47 Å². The fourth-order valence-corrected chi connectivity index (χ4v) is 3.10. The maximum atomic E-state index is 12.5. The Hall–Kier alpha value is -2.63. The molecule has 2 heterocycles. The lowest BCUT2D eigenvalue weighted by atomic mass is 10.1. The van der Waals surface area contributed by atoms with Crippen LogP contribution in [0.3, 0.4) is 0 Å². The van der Waals surface area contributed by atoms with Crippen molar-refractivity contribution >= 4 is 5.91 Å². The summed E-state index contributed by atoms with van der Waals surface area (Å²) < 4.78 is 11.5. The molecule has 0 bridgehead atoms. The van der Waals surface area contributed by atoms with Crippen molar-refractivity contribution in [2.45, 2.75) is 39.7 Å². The zero-order valence-electron chi connectivity index (χ0n) is 15.6. The van der Waals surface area contributed by atoms with Gasteiger partial charge in [0.15, 0.2) is 6.61 Å². The van der Waals surface area contributed by atoms with Crippen molar-refractivity contribution in [3.63, 3.8) is 0 Å². The van der Waals surface area contributed by atoms with Gasteiger partial charge in [-0.3, -0.25) is 4.79 Å². The van der Waals surface area contributed by atoms with Crippen LogP contribution in [0.1, 0.15) is 29.8 Å². The molecule has 26 heavy (non-hydrogen) atoms. The molecule has 2 aromatic rings. The number of amides is 1. The molecular formula is C20H25N3O3. The predicted molar refractivity (Wildman–Crippen MR) is 98.4 cm³/mol. The van der Waals surface area contributed by atoms with E-state index in [0.717, 1.165) is 36.3 Å². The van der Waals surface area contributed by atoms with Gasteiger partial charge in [0.1, 0.15) is 11.9 Å². The lowest BCUT2D eigenvalue weighted by Crippen LogP contribution is -2.46. The number of piperidine rings is 1. The summed E-state index contributed by atoms with van der Waals surface area (Å²) in [4.78, 5) is 22.9. The molecule has 1 saturated heterocycles. The summed E-state index contributed by atoms with van der Waals surface area (Å²) in [5.41, 5.74) is 2.86. The molecule has 0 saturated carbocycles. The first-order chi connectivity index (χ1) is 12.5. The smallest absolute Gasteiger partial charge is 0.317 e. The number of likely N-dealkylation sites (tertiary alicyclic amines) is 1. The van der Waals surface area contributed by atoms with E-state index in [-0.39, 0.29) is 18.6 Å². The highest BCUT2D eigenvalue weighted by Crippen LogP contribution is 2.17. The summed E-state index contributed by atoms with van der Waals surface area (Å²) in [6.45, 7) is 7.13. The van der Waals surface area contributed by atoms with Crippen LogP contribution in [0.2, 0.25) is 0 Å². The van der Waals surface area contributed by atoms with E-state index in [2.05, 4.69) is 9.97 Å². The zero-order chi connectivity index (χ0) is 18.5. The van der Waals surface area contributed by atoms with Gasteiger partial charge in [-0.25, -0.2) is 9.97 Å². The van der Waals surface area contributed by atoms with Gasteiger partial charge >= 0.3 is 6.01 Å². The van der Waals surface area contributed by atoms with Gasteiger partial charge < -0.3 is 14.4 Å². The Labute approximate surface area is 154 Å². The summed E-state index contributed by atoms with van der Waals surface area (Å²) in [7, 11) is 0. The Kier molecular flexibility index (Phi) is 5.71. The number of aryl methyl sites for hydroxylation is 3. The minimum atomic E-state index is -0.0899. The molecule has 0 aliphatic carbocycles. The monoisotopic (exact) mass is 355 g/mol. The van der Waals surface area contributed by atoms with Crippen LogP contribution in [-0.4, -0.2) is 46.6 Å². The summed E-state index contributed by atoms with van der Waals surface area (Å²) in [5.74, 6) is 0.688. The highest BCUT2D eigenvalue weighted by atomic mass is 16.5. The molecule has 0 N–H and O–H groups in total. The van der Waals surface area contributed by atoms with Crippen molar-refractivity contribution in [1.82, 2.24) is 14.9 Å². The Bertz CT molecular complexity index is 758. The summed E-state index contributed by atoms with van der Waals surface area (Å²) in [5, 5.41) is 0. The minimum Gasteiger partial charge on any atom is -0.484 e. The van der Waals surface area contributed by atoms with Crippen molar-refractivity contribution < 1.29 is 14.3 Å². The second-order valence-corrected chi connectivity index (χ2v) is 6.76. The van der Waals surface area contributed by atoms with Gasteiger partial charge in [0.05, 0.1) is 6.54 Å². The molecule has 6 nitrogen and oxygen atoms in total. The molecule has 1 atom stereocenters. The van der Waals surface area contributed by atoms with Gasteiger partial charge in [0.25, 0.3) is 5.91 Å². The summed E-state index contributed by atoms with van der Waals surface area (Å²) in [6.07, 6.45) is 1.69. The molecule has 1 aromatic heterocycles. The highest BCUT2D eigenvalue weighted by Gasteiger charge is 2.26. The van der Waals surface area contributed by atoms with Crippen molar-refractivity contribution in [3.05, 3.63) is 47.3 Å². The molecule has 0 radical (unpaired) electrons. The third-order valence-electron chi connectivity index (χ3n) is 4.32. The number of nitrogens with zero attached hydrogens (tertiary/aromatic N) is 3. The summed E-state index contributed by atoms with van der Waals surface area (Å²) >= 11 is 0. The van der Waals surface area contributed by atoms with Crippen LogP contribution in [0, 0.1) is 20.8 Å². The molecule has 1 unspecified atom stereocenters. The van der Waals surface area contributed by atoms with E-state index < -0.39 is 0 Å². The van der Waals surface area contributed by atoms with E-state index in [0.29, 0.717) is 18.3 Å². The molecular weight excluding hydrogens is 330 g/mol. The Morgan fingerprint density at radius 1 is 1.19 bits per heavy atom. The Balaban J connectivity index is 1.54. The molecule has 1 amide bonds. The standard InChI is InChI=1S/C20H25N3O3/c1-14-6-4-7-17(10-14)25-13-19(24)23-9-5-8-18(12-23)26-20-21-15(2)11-16(3)22-20/h4,6-7,10-11,18H,5,8-9,12-13H2,1-3H3. The maximum Gasteiger partial charge on any atom is 0.317 e. The van der Waals surface area contributed by atoms with Gasteiger partial charge in [-0.2, -0.15) is 0 Å². The third-order valence-corrected chi connectivity index (χ3v) is 4.32. The lowest BCUT2D eigenvalue weighted by molar-refractivity contribution is -0.136. The van der Waals surface area contributed by atoms with E-state index in [1.807, 2.05) is 51.1 Å². The van der Waals surface area contributed by atoms with E-state index in [4.69, 9.17) is 9.47 Å². The molecule has 138 valence electrons. The first-order valence-electron chi connectivity index (χ1n) is 8.96. The zero-order valence-corrected chi connectivity index (χ0v) is 15.6. The number of carbonyl (C=O) groups is 1. The quantitative estimate of drug-likeness (QED) is 0.825. The van der Waals surface area contributed by atoms with Crippen molar-refractivity contribution in [1.29, 1.82) is 0 Å². The number of ether oxygens (including phenoxy) is 2. The Morgan fingerprint density at radius 3 is 2.69 bits per heavy atom. The van der Waals surface area contributed by atoms with Crippen LogP contribution in [0.25, 0.3) is 0 Å². The molecule has 0 spiro atoms. The van der Waals surface area contributed by atoms with Crippen LogP contribution in [0.15, 0.2) is 30.3 Å². The number of benzene rings is 1. The number of aromatic nitrogens is 2. The molecule has 1 aliphatic rings. The first-order valence-corrected chi connectivity index (χ1v) is 8.96. The van der Waals surface area contributed by atoms with Crippen LogP contribution in [0.5, 0.6) is 11.8 Å². The highest BCUT2D eigenvalue weighted by molar-refractivity contribution is 5.77. The van der Waals surface area contributed by atoms with E-state index in [9.17, 15) is 4.79 Å². The molecule has 1 aliphatic heterocycles. The SMILES string of the molecule is Cc1cccc(OCC(=O)N2CCCC(Oc3nc(C)cc(C)n3)C2)c1. The van der Waals surface area contributed by atoms with E-state index >= 15 is 0 Å². The van der Waals surface area contributed by atoms with Crippen molar-refractivity contribution in [3.8, 4) is 11.8 Å². The maximum absolute atomic E-state index is 12.5. The largest absolute Gasteiger partial charge is 0.484 e. The van der Waals surface area contributed by atoms with Crippen LogP contribution in [-0.2, 0) is 4.79 Å². The van der Waals surface area contributed by atoms with Crippen LogP contribution >= 0.6 is 0 Å². The molecule has 1 aromatic carbocycles. The van der Waals surface area contributed by atoms with Gasteiger partial charge in [-0.15, -0.1) is 0 Å². The van der Waals surface area contributed by atoms with Crippen LogP contribution in [0.4, 0.5) is 0 Å². The number of hydrogen-bond donors (Lipinski definition) is 0. The van der Waals surface area contributed by atoms with E-state index in [1.165, 1.54) is 0 Å². The normalized spacial score (nSPS) is 17.0. The van der Waals surface area contributed by atoms with Gasteiger partial charge in [0, 0.05) is 17.9 Å². The second-order valence-electron chi connectivity index (χ2n) is 6.76. The topological polar surface area (TPSA) is 64.5 Å². The molecule has 3 rings (SSSR count). The average Bonchev–Trinajstić information content (AvgIpc) is 2.59. The minimum absolute atomic E-state index is 0.0267.